The highest BCUT2D eigenvalue weighted by Crippen LogP contribution is 2.22. The lowest BCUT2D eigenvalue weighted by Gasteiger charge is -2.19. The highest BCUT2D eigenvalue weighted by atomic mass is 19.1. The molecule has 0 bridgehead atoms. The predicted octanol–water partition coefficient (Wildman–Crippen LogP) is 2.50. The van der Waals surface area contributed by atoms with Crippen molar-refractivity contribution in [1.82, 2.24) is 4.57 Å². The zero-order chi connectivity index (χ0) is 13.4. The fourth-order valence-electron chi connectivity index (χ4n) is 2.50. The molecule has 1 aliphatic carbocycles. The molecule has 0 spiro atoms. The highest BCUT2D eigenvalue weighted by Gasteiger charge is 2.21. The second-order valence-electron chi connectivity index (χ2n) is 4.62. The Bertz CT molecular complexity index is 701. The predicted molar refractivity (Wildman–Crippen MR) is 69.3 cm³/mol. The third-order valence-corrected chi connectivity index (χ3v) is 3.40. The number of aromatic nitrogens is 1. The third-order valence-electron chi connectivity index (χ3n) is 3.40. The van der Waals surface area contributed by atoms with Crippen LogP contribution in [0.4, 0.5) is 4.39 Å². The number of carbonyl (C=O) groups excluding carboxylic acids is 1. The lowest BCUT2D eigenvalue weighted by atomic mass is 9.94. The molecule has 0 N–H and O–H groups in total. The second-order valence-corrected chi connectivity index (χ2v) is 4.62. The van der Waals surface area contributed by atoms with Crippen LogP contribution in [0.1, 0.15) is 28.9 Å². The van der Waals surface area contributed by atoms with Crippen LogP contribution in [0.2, 0.25) is 0 Å². The van der Waals surface area contributed by atoms with E-state index in [2.05, 4.69) is 0 Å². The monoisotopic (exact) mass is 257 g/mol. The van der Waals surface area contributed by atoms with Crippen LogP contribution in [-0.2, 0) is 6.42 Å². The Hall–Kier alpha value is -2.23. The van der Waals surface area contributed by atoms with Gasteiger partial charge in [-0.25, -0.2) is 4.39 Å². The van der Waals surface area contributed by atoms with E-state index in [0.29, 0.717) is 24.1 Å². The molecule has 0 radical (unpaired) electrons. The van der Waals surface area contributed by atoms with Gasteiger partial charge in [0, 0.05) is 29.4 Å². The maximum atomic E-state index is 13.0. The van der Waals surface area contributed by atoms with Crippen LogP contribution in [0, 0.1) is 5.82 Å². The second kappa shape index (κ2) is 4.46. The van der Waals surface area contributed by atoms with Gasteiger partial charge in [0.15, 0.2) is 5.78 Å². The minimum Gasteiger partial charge on any atom is -0.294 e. The molecular formula is C15H12FNO2. The van der Waals surface area contributed by atoms with Gasteiger partial charge < -0.3 is 0 Å². The molecule has 0 unspecified atom stereocenters. The molecule has 3 rings (SSSR count). The molecule has 0 atom stereocenters. The first-order valence-electron chi connectivity index (χ1n) is 6.21. The Morgan fingerprint density at radius 2 is 1.68 bits per heavy atom. The van der Waals surface area contributed by atoms with E-state index in [1.165, 1.54) is 22.8 Å². The fourth-order valence-corrected chi connectivity index (χ4v) is 2.50. The van der Waals surface area contributed by atoms with E-state index in [0.717, 1.165) is 12.1 Å². The molecule has 0 aliphatic heterocycles. The molecular weight excluding hydrogens is 245 g/mol. The number of pyridine rings is 1. The number of rotatable bonds is 1. The summed E-state index contributed by atoms with van der Waals surface area (Å²) in [5.41, 5.74) is 1.74. The van der Waals surface area contributed by atoms with Crippen LogP contribution in [0.15, 0.2) is 41.2 Å². The summed E-state index contributed by atoms with van der Waals surface area (Å²) in [5.74, 6) is -0.283. The SMILES string of the molecule is O=C1CCCc2c1ccc(=O)n2-c1ccc(F)cc1. The number of ketones is 1. The standard InChI is InChI=1S/C15H12FNO2/c16-10-4-6-11(7-5-10)17-13-2-1-3-14(18)12(13)8-9-15(17)19/h4-9H,1-3H2. The van der Waals surface area contributed by atoms with E-state index in [1.807, 2.05) is 0 Å². The van der Waals surface area contributed by atoms with Gasteiger partial charge in [0.05, 0.1) is 0 Å². The zero-order valence-corrected chi connectivity index (χ0v) is 10.2. The maximum absolute atomic E-state index is 13.0. The average molecular weight is 257 g/mol. The Balaban J connectivity index is 2.26. The Kier molecular flexibility index (Phi) is 2.78. The van der Waals surface area contributed by atoms with Crippen LogP contribution in [0.3, 0.4) is 0 Å². The fraction of sp³-hybridized carbons (Fsp3) is 0.200. The molecule has 1 aliphatic rings. The number of Topliss-reactive ketones (excluding diaryl/α,β-unsaturated/α-hetero) is 1. The van der Waals surface area contributed by atoms with Gasteiger partial charge in [-0.15, -0.1) is 0 Å². The van der Waals surface area contributed by atoms with E-state index >= 15 is 0 Å². The van der Waals surface area contributed by atoms with E-state index in [4.69, 9.17) is 0 Å². The number of nitrogens with zero attached hydrogens (tertiary/aromatic N) is 1. The summed E-state index contributed by atoms with van der Waals surface area (Å²) in [7, 11) is 0. The molecule has 0 fully saturated rings. The Morgan fingerprint density at radius 3 is 2.42 bits per heavy atom. The smallest absolute Gasteiger partial charge is 0.255 e. The minimum atomic E-state index is -0.349. The van der Waals surface area contributed by atoms with Crippen LogP contribution < -0.4 is 5.56 Å². The summed E-state index contributed by atoms with van der Waals surface area (Å²) < 4.78 is 14.5. The van der Waals surface area contributed by atoms with Crippen molar-refractivity contribution in [2.24, 2.45) is 0 Å². The minimum absolute atomic E-state index is 0.0668. The van der Waals surface area contributed by atoms with Crippen LogP contribution in [0.5, 0.6) is 0 Å². The van der Waals surface area contributed by atoms with Crippen LogP contribution in [0.25, 0.3) is 5.69 Å². The van der Waals surface area contributed by atoms with E-state index in [9.17, 15) is 14.0 Å². The first-order valence-corrected chi connectivity index (χ1v) is 6.21. The van der Waals surface area contributed by atoms with Crippen LogP contribution in [-0.4, -0.2) is 10.4 Å². The molecule has 0 amide bonds. The maximum Gasteiger partial charge on any atom is 0.255 e. The molecule has 4 heteroatoms. The lowest BCUT2D eigenvalue weighted by molar-refractivity contribution is 0.0971. The number of benzene rings is 1. The first kappa shape index (κ1) is 11.8. The van der Waals surface area contributed by atoms with E-state index in [-0.39, 0.29) is 17.2 Å². The third kappa shape index (κ3) is 1.99. The molecule has 96 valence electrons. The number of hydrogen-bond donors (Lipinski definition) is 0. The average Bonchev–Trinajstić information content (AvgIpc) is 2.40. The van der Waals surface area contributed by atoms with Gasteiger partial charge in [0.25, 0.3) is 5.56 Å². The normalized spacial score (nSPS) is 14.3. The summed E-state index contributed by atoms with van der Waals surface area (Å²) in [4.78, 5) is 23.9. The molecule has 1 heterocycles. The van der Waals surface area contributed by atoms with Gasteiger partial charge >= 0.3 is 0 Å². The van der Waals surface area contributed by atoms with Crippen molar-refractivity contribution in [1.29, 1.82) is 0 Å². The quantitative estimate of drug-likeness (QED) is 0.787. The van der Waals surface area contributed by atoms with Gasteiger partial charge in [0.2, 0.25) is 0 Å². The number of carbonyl (C=O) groups is 1. The largest absolute Gasteiger partial charge is 0.294 e. The molecule has 3 nitrogen and oxygen atoms in total. The van der Waals surface area contributed by atoms with Crippen molar-refractivity contribution in [3.05, 3.63) is 63.8 Å². The Labute approximate surface area is 109 Å². The van der Waals surface area contributed by atoms with Crippen molar-refractivity contribution in [3.63, 3.8) is 0 Å². The van der Waals surface area contributed by atoms with E-state index in [1.54, 1.807) is 18.2 Å². The lowest BCUT2D eigenvalue weighted by Crippen LogP contribution is -2.26. The summed E-state index contributed by atoms with van der Waals surface area (Å²) in [6.45, 7) is 0. The van der Waals surface area contributed by atoms with Crippen molar-refractivity contribution in [2.45, 2.75) is 19.3 Å². The van der Waals surface area contributed by atoms with Crippen molar-refractivity contribution in [3.8, 4) is 5.69 Å². The van der Waals surface area contributed by atoms with Gasteiger partial charge in [-0.1, -0.05) is 0 Å². The van der Waals surface area contributed by atoms with Gasteiger partial charge in [-0.3, -0.25) is 14.2 Å². The summed E-state index contributed by atoms with van der Waals surface area (Å²) in [6.07, 6.45) is 1.96. The van der Waals surface area contributed by atoms with Crippen LogP contribution >= 0.6 is 0 Å². The van der Waals surface area contributed by atoms with Gasteiger partial charge in [-0.2, -0.15) is 0 Å². The van der Waals surface area contributed by atoms with Crippen molar-refractivity contribution >= 4 is 5.78 Å². The molecule has 0 saturated carbocycles. The molecule has 19 heavy (non-hydrogen) atoms. The topological polar surface area (TPSA) is 39.1 Å². The molecule has 1 aromatic heterocycles. The van der Waals surface area contributed by atoms with Gasteiger partial charge in [-0.05, 0) is 43.2 Å². The number of hydrogen-bond acceptors (Lipinski definition) is 2. The highest BCUT2D eigenvalue weighted by molar-refractivity contribution is 5.98. The summed E-state index contributed by atoms with van der Waals surface area (Å²) >= 11 is 0. The molecule has 2 aromatic rings. The first-order chi connectivity index (χ1) is 9.16. The molecule has 0 saturated heterocycles. The van der Waals surface area contributed by atoms with Gasteiger partial charge in [0.1, 0.15) is 5.82 Å². The summed E-state index contributed by atoms with van der Waals surface area (Å²) in [5, 5.41) is 0. The van der Waals surface area contributed by atoms with Crippen molar-refractivity contribution < 1.29 is 9.18 Å². The zero-order valence-electron chi connectivity index (χ0n) is 10.2. The van der Waals surface area contributed by atoms with Crippen molar-refractivity contribution in [2.75, 3.05) is 0 Å². The number of halogens is 1. The summed E-state index contributed by atoms with van der Waals surface area (Å²) in [6, 6.07) is 8.72. The van der Waals surface area contributed by atoms with E-state index < -0.39 is 0 Å². The number of fused-ring (bicyclic) bond motifs is 1. The Morgan fingerprint density at radius 1 is 0.947 bits per heavy atom. The molecule has 1 aromatic carbocycles.